The highest BCUT2D eigenvalue weighted by Crippen LogP contribution is 2.27. The number of hydrogen-bond acceptors (Lipinski definition) is 3. The van der Waals surface area contributed by atoms with Crippen molar-refractivity contribution in [2.75, 3.05) is 6.61 Å². The molecule has 0 aliphatic heterocycles. The molecule has 3 unspecified atom stereocenters. The van der Waals surface area contributed by atoms with Gasteiger partial charge in [0, 0.05) is 0 Å². The average Bonchev–Trinajstić information content (AvgIpc) is 2.26. The van der Waals surface area contributed by atoms with Gasteiger partial charge >= 0.3 is 5.97 Å². The Morgan fingerprint density at radius 3 is 2.63 bits per heavy atom. The van der Waals surface area contributed by atoms with Crippen LogP contribution in [-0.4, -0.2) is 23.8 Å². The third kappa shape index (κ3) is 6.95. The van der Waals surface area contributed by atoms with Crippen LogP contribution in [0.4, 0.5) is 0 Å². The lowest BCUT2D eigenvalue weighted by Crippen LogP contribution is -2.27. The lowest BCUT2D eigenvalue weighted by Gasteiger charge is -2.25. The minimum atomic E-state index is -0.314. The molecule has 112 valence electrons. The van der Waals surface area contributed by atoms with Gasteiger partial charge in [0.2, 0.25) is 0 Å². The number of esters is 1. The summed E-state index contributed by atoms with van der Waals surface area (Å²) in [5, 5.41) is 9.56. The smallest absolute Gasteiger partial charge is 0.309 e. The Labute approximate surface area is 117 Å². The van der Waals surface area contributed by atoms with E-state index in [9.17, 15) is 9.90 Å². The predicted octanol–water partition coefficient (Wildman–Crippen LogP) is 3.54. The Kier molecular flexibility index (Phi) is 6.31. The van der Waals surface area contributed by atoms with E-state index in [1.54, 1.807) is 0 Å². The number of aliphatic hydroxyl groups is 1. The molecule has 19 heavy (non-hydrogen) atoms. The number of hydrogen-bond donors (Lipinski definition) is 1. The van der Waals surface area contributed by atoms with Crippen LogP contribution < -0.4 is 0 Å². The van der Waals surface area contributed by atoms with Gasteiger partial charge < -0.3 is 9.84 Å². The van der Waals surface area contributed by atoms with E-state index in [0.717, 1.165) is 32.1 Å². The second-order valence-electron chi connectivity index (χ2n) is 7.34. The summed E-state index contributed by atoms with van der Waals surface area (Å²) in [6.45, 7) is 9.43. The molecule has 0 radical (unpaired) electrons. The lowest BCUT2D eigenvalue weighted by atomic mass is 9.84. The van der Waals surface area contributed by atoms with Gasteiger partial charge in [-0.1, -0.05) is 34.1 Å². The molecule has 0 aromatic carbocycles. The molecule has 1 N–H and O–H groups in total. The van der Waals surface area contributed by atoms with E-state index in [0.29, 0.717) is 24.4 Å². The van der Waals surface area contributed by atoms with Gasteiger partial charge in [0.1, 0.15) is 0 Å². The normalized spacial score (nSPS) is 25.9. The van der Waals surface area contributed by atoms with Crippen LogP contribution in [0.15, 0.2) is 0 Å². The maximum Gasteiger partial charge on any atom is 0.309 e. The van der Waals surface area contributed by atoms with Crippen molar-refractivity contribution in [2.24, 2.45) is 17.3 Å². The number of aliphatic hydroxyl groups excluding tert-OH is 1. The second-order valence-corrected chi connectivity index (χ2v) is 7.34. The molecular formula is C16H30O3. The molecule has 1 rings (SSSR count). The standard InChI is InChI=1S/C16H30O3/c1-12(11-16(2,3)4)8-9-19-15(18)13-6-5-7-14(17)10-13/h12-14,17H,5-11H2,1-4H3. The zero-order valence-electron chi connectivity index (χ0n) is 12.9. The van der Waals surface area contributed by atoms with E-state index in [4.69, 9.17) is 4.74 Å². The molecule has 1 aliphatic rings. The molecule has 0 aromatic heterocycles. The molecule has 3 atom stereocenters. The Balaban J connectivity index is 2.19. The molecular weight excluding hydrogens is 240 g/mol. The van der Waals surface area contributed by atoms with E-state index >= 15 is 0 Å². The summed E-state index contributed by atoms with van der Waals surface area (Å²) in [5.74, 6) is 0.383. The van der Waals surface area contributed by atoms with Gasteiger partial charge in [-0.15, -0.1) is 0 Å². The topological polar surface area (TPSA) is 46.5 Å². The number of carbonyl (C=O) groups is 1. The zero-order chi connectivity index (χ0) is 14.5. The number of ether oxygens (including phenoxy) is 1. The molecule has 0 aromatic rings. The quantitative estimate of drug-likeness (QED) is 0.777. The minimum Gasteiger partial charge on any atom is -0.465 e. The second kappa shape index (κ2) is 7.28. The van der Waals surface area contributed by atoms with Gasteiger partial charge in [-0.25, -0.2) is 0 Å². The third-order valence-corrected chi connectivity index (χ3v) is 3.80. The summed E-state index contributed by atoms with van der Waals surface area (Å²) in [5.41, 5.74) is 0.330. The van der Waals surface area contributed by atoms with Gasteiger partial charge in [-0.3, -0.25) is 4.79 Å². The first-order chi connectivity index (χ1) is 8.78. The fourth-order valence-corrected chi connectivity index (χ4v) is 3.00. The Morgan fingerprint density at radius 2 is 2.05 bits per heavy atom. The SMILES string of the molecule is CC(CCOC(=O)C1CCCC(O)C1)CC(C)(C)C. The maximum absolute atomic E-state index is 11.9. The third-order valence-electron chi connectivity index (χ3n) is 3.80. The summed E-state index contributed by atoms with van der Waals surface area (Å²) in [4.78, 5) is 11.9. The summed E-state index contributed by atoms with van der Waals surface area (Å²) in [6.07, 6.45) is 4.97. The van der Waals surface area contributed by atoms with E-state index in [1.807, 2.05) is 0 Å². The van der Waals surface area contributed by atoms with Crippen LogP contribution in [0.5, 0.6) is 0 Å². The van der Waals surface area contributed by atoms with E-state index in [-0.39, 0.29) is 18.0 Å². The number of rotatable bonds is 5. The van der Waals surface area contributed by atoms with E-state index in [1.165, 1.54) is 0 Å². The van der Waals surface area contributed by atoms with Crippen molar-refractivity contribution >= 4 is 5.97 Å². The molecule has 0 heterocycles. The van der Waals surface area contributed by atoms with Crippen molar-refractivity contribution < 1.29 is 14.6 Å². The molecule has 1 aliphatic carbocycles. The van der Waals surface area contributed by atoms with E-state index in [2.05, 4.69) is 27.7 Å². The first-order valence-electron chi connectivity index (χ1n) is 7.62. The van der Waals surface area contributed by atoms with Crippen LogP contribution in [0.3, 0.4) is 0 Å². The highest BCUT2D eigenvalue weighted by molar-refractivity contribution is 5.72. The fourth-order valence-electron chi connectivity index (χ4n) is 3.00. The lowest BCUT2D eigenvalue weighted by molar-refractivity contribution is -0.151. The van der Waals surface area contributed by atoms with Crippen LogP contribution in [0.25, 0.3) is 0 Å². The molecule has 0 bridgehead atoms. The summed E-state index contributed by atoms with van der Waals surface area (Å²) in [6, 6.07) is 0. The van der Waals surface area contributed by atoms with Crippen molar-refractivity contribution in [1.29, 1.82) is 0 Å². The van der Waals surface area contributed by atoms with Gasteiger partial charge in [0.15, 0.2) is 0 Å². The van der Waals surface area contributed by atoms with Crippen LogP contribution >= 0.6 is 0 Å². The maximum atomic E-state index is 11.9. The summed E-state index contributed by atoms with van der Waals surface area (Å²) < 4.78 is 5.36. The minimum absolute atomic E-state index is 0.0818. The van der Waals surface area contributed by atoms with Gasteiger partial charge in [0.25, 0.3) is 0 Å². The molecule has 0 amide bonds. The zero-order valence-corrected chi connectivity index (χ0v) is 12.9. The number of carbonyl (C=O) groups excluding carboxylic acids is 1. The van der Waals surface area contributed by atoms with Crippen LogP contribution in [0.2, 0.25) is 0 Å². The Bertz CT molecular complexity index is 280. The summed E-state index contributed by atoms with van der Waals surface area (Å²) >= 11 is 0. The Morgan fingerprint density at radius 1 is 1.37 bits per heavy atom. The van der Waals surface area contributed by atoms with Crippen molar-refractivity contribution in [2.45, 2.75) is 72.3 Å². The molecule has 0 saturated heterocycles. The van der Waals surface area contributed by atoms with Crippen molar-refractivity contribution in [3.63, 3.8) is 0 Å². The molecule has 3 nitrogen and oxygen atoms in total. The largest absolute Gasteiger partial charge is 0.465 e. The van der Waals surface area contributed by atoms with Crippen LogP contribution in [-0.2, 0) is 9.53 Å². The highest BCUT2D eigenvalue weighted by Gasteiger charge is 2.27. The van der Waals surface area contributed by atoms with Crippen LogP contribution in [0.1, 0.15) is 66.2 Å². The van der Waals surface area contributed by atoms with Gasteiger partial charge in [-0.05, 0) is 43.4 Å². The molecule has 1 saturated carbocycles. The van der Waals surface area contributed by atoms with Gasteiger partial charge in [0.05, 0.1) is 18.6 Å². The fraction of sp³-hybridized carbons (Fsp3) is 0.938. The van der Waals surface area contributed by atoms with E-state index < -0.39 is 0 Å². The first-order valence-corrected chi connectivity index (χ1v) is 7.62. The average molecular weight is 270 g/mol. The monoisotopic (exact) mass is 270 g/mol. The van der Waals surface area contributed by atoms with Crippen molar-refractivity contribution in [3.8, 4) is 0 Å². The Hall–Kier alpha value is -0.570. The van der Waals surface area contributed by atoms with Crippen molar-refractivity contribution in [3.05, 3.63) is 0 Å². The van der Waals surface area contributed by atoms with Crippen molar-refractivity contribution in [1.82, 2.24) is 0 Å². The molecule has 0 spiro atoms. The molecule has 1 fully saturated rings. The van der Waals surface area contributed by atoms with Crippen LogP contribution in [0, 0.1) is 17.3 Å². The first kappa shape index (κ1) is 16.5. The highest BCUT2D eigenvalue weighted by atomic mass is 16.5. The van der Waals surface area contributed by atoms with Gasteiger partial charge in [-0.2, -0.15) is 0 Å². The molecule has 3 heteroatoms. The summed E-state index contributed by atoms with van der Waals surface area (Å²) in [7, 11) is 0. The predicted molar refractivity (Wildman–Crippen MR) is 76.8 cm³/mol.